The first-order valence-electron chi connectivity index (χ1n) is 6.55. The molecule has 104 valence electrons. The van der Waals surface area contributed by atoms with Crippen LogP contribution in [0.25, 0.3) is 0 Å². The van der Waals surface area contributed by atoms with Gasteiger partial charge < -0.3 is 11.1 Å². The molecular weight excluding hydrogens is 262 g/mol. The van der Waals surface area contributed by atoms with Crippen LogP contribution in [-0.2, 0) is 4.79 Å². The highest BCUT2D eigenvalue weighted by Crippen LogP contribution is 2.22. The van der Waals surface area contributed by atoms with Crippen LogP contribution < -0.4 is 11.1 Å². The molecule has 0 radical (unpaired) electrons. The number of carbonyl (C=O) groups excluding carboxylic acids is 1. The summed E-state index contributed by atoms with van der Waals surface area (Å²) in [5.74, 6) is 0.0606. The number of benzene rings is 1. The Kier molecular flexibility index (Phi) is 4.80. The number of likely N-dealkylation sites (N-methyl/N-ethyl adjacent to an activating group) is 1. The maximum atomic E-state index is 11.8. The Morgan fingerprint density at radius 1 is 1.58 bits per heavy atom. The van der Waals surface area contributed by atoms with Crippen molar-refractivity contribution in [3.8, 4) is 0 Å². The smallest absolute Gasteiger partial charge is 0.234 e. The predicted octanol–water partition coefficient (Wildman–Crippen LogP) is 1.55. The summed E-state index contributed by atoms with van der Waals surface area (Å²) in [6.45, 7) is 0.804. The van der Waals surface area contributed by atoms with E-state index in [2.05, 4.69) is 5.32 Å². The lowest BCUT2D eigenvalue weighted by molar-refractivity contribution is -0.122. The minimum Gasteiger partial charge on any atom is -0.352 e. The zero-order valence-electron chi connectivity index (χ0n) is 11.1. The molecule has 1 fully saturated rings. The largest absolute Gasteiger partial charge is 0.352 e. The molecule has 0 aliphatic heterocycles. The molecular formula is C14H20ClN3O. The van der Waals surface area contributed by atoms with E-state index in [9.17, 15) is 4.79 Å². The van der Waals surface area contributed by atoms with Crippen molar-refractivity contribution >= 4 is 17.5 Å². The van der Waals surface area contributed by atoms with E-state index >= 15 is 0 Å². The van der Waals surface area contributed by atoms with Crippen LogP contribution in [-0.4, -0.2) is 37.0 Å². The zero-order valence-corrected chi connectivity index (χ0v) is 11.9. The average molecular weight is 282 g/mol. The molecule has 0 spiro atoms. The predicted molar refractivity (Wildman–Crippen MR) is 77.0 cm³/mol. The molecule has 1 aromatic rings. The third kappa shape index (κ3) is 4.20. The van der Waals surface area contributed by atoms with E-state index in [0.717, 1.165) is 18.4 Å². The lowest BCUT2D eigenvalue weighted by Gasteiger charge is -2.27. The number of halogens is 1. The van der Waals surface area contributed by atoms with Crippen LogP contribution in [0.2, 0.25) is 5.02 Å². The molecule has 4 nitrogen and oxygen atoms in total. The normalized spacial score (nSPS) is 16.4. The lowest BCUT2D eigenvalue weighted by atomic mass is 10.1. The summed E-state index contributed by atoms with van der Waals surface area (Å²) < 4.78 is 0. The fraction of sp³-hybridized carbons (Fsp3) is 0.500. The van der Waals surface area contributed by atoms with Gasteiger partial charge in [0.25, 0.3) is 0 Å². The summed E-state index contributed by atoms with van der Waals surface area (Å²) in [6.07, 6.45) is 2.20. The summed E-state index contributed by atoms with van der Waals surface area (Å²) in [6, 6.07) is 8.01. The molecule has 3 N–H and O–H groups in total. The van der Waals surface area contributed by atoms with Crippen LogP contribution in [0.15, 0.2) is 24.3 Å². The van der Waals surface area contributed by atoms with Gasteiger partial charge in [0.1, 0.15) is 0 Å². The lowest BCUT2D eigenvalue weighted by Crippen LogP contribution is -2.40. The van der Waals surface area contributed by atoms with E-state index in [1.807, 2.05) is 36.2 Å². The van der Waals surface area contributed by atoms with Crippen molar-refractivity contribution in [2.24, 2.45) is 5.73 Å². The SMILES string of the molecule is CN(CC(=O)NC1CC1)C(CN)c1cccc(Cl)c1. The van der Waals surface area contributed by atoms with Gasteiger partial charge >= 0.3 is 0 Å². The number of hydrogen-bond donors (Lipinski definition) is 2. The van der Waals surface area contributed by atoms with Crippen LogP contribution >= 0.6 is 11.6 Å². The van der Waals surface area contributed by atoms with Gasteiger partial charge in [-0.2, -0.15) is 0 Å². The molecule has 5 heteroatoms. The Hall–Kier alpha value is -1.10. The standard InChI is InChI=1S/C14H20ClN3O/c1-18(9-14(19)17-12-5-6-12)13(8-16)10-3-2-4-11(15)7-10/h2-4,7,12-13H,5-6,8-9,16H2,1H3,(H,17,19). The number of amides is 1. The van der Waals surface area contributed by atoms with Crippen molar-refractivity contribution < 1.29 is 4.79 Å². The molecule has 1 saturated carbocycles. The Morgan fingerprint density at radius 2 is 2.32 bits per heavy atom. The van der Waals surface area contributed by atoms with Crippen molar-refractivity contribution in [3.63, 3.8) is 0 Å². The van der Waals surface area contributed by atoms with Crippen LogP contribution in [0.3, 0.4) is 0 Å². The van der Waals surface area contributed by atoms with Gasteiger partial charge in [0.2, 0.25) is 5.91 Å². The number of nitrogens with one attached hydrogen (secondary N) is 1. The second kappa shape index (κ2) is 6.37. The number of hydrogen-bond acceptors (Lipinski definition) is 3. The van der Waals surface area contributed by atoms with E-state index in [1.54, 1.807) is 0 Å². The monoisotopic (exact) mass is 281 g/mol. The Labute approximate surface area is 118 Å². The van der Waals surface area contributed by atoms with Gasteiger partial charge in [-0.1, -0.05) is 23.7 Å². The van der Waals surface area contributed by atoms with Gasteiger partial charge in [-0.15, -0.1) is 0 Å². The molecule has 0 heterocycles. The maximum absolute atomic E-state index is 11.8. The topological polar surface area (TPSA) is 58.4 Å². The third-order valence-corrected chi connectivity index (χ3v) is 3.56. The Morgan fingerprint density at radius 3 is 2.89 bits per heavy atom. The molecule has 1 atom stereocenters. The third-order valence-electron chi connectivity index (χ3n) is 3.32. The van der Waals surface area contributed by atoms with Gasteiger partial charge in [0.05, 0.1) is 6.54 Å². The van der Waals surface area contributed by atoms with Gasteiger partial charge in [-0.05, 0) is 37.6 Å². The summed E-state index contributed by atoms with van der Waals surface area (Å²) in [5.41, 5.74) is 6.87. The van der Waals surface area contributed by atoms with Crippen molar-refractivity contribution in [2.45, 2.75) is 24.9 Å². The van der Waals surface area contributed by atoms with E-state index in [1.165, 1.54) is 0 Å². The number of carbonyl (C=O) groups is 1. The summed E-state index contributed by atoms with van der Waals surface area (Å²) in [7, 11) is 1.91. The molecule has 1 aliphatic rings. The van der Waals surface area contributed by atoms with Crippen LogP contribution in [0, 0.1) is 0 Å². The van der Waals surface area contributed by atoms with Gasteiger partial charge in [0.15, 0.2) is 0 Å². The molecule has 1 aromatic carbocycles. The quantitative estimate of drug-likeness (QED) is 0.832. The Balaban J connectivity index is 1.97. The zero-order chi connectivity index (χ0) is 13.8. The van der Waals surface area contributed by atoms with E-state index in [4.69, 9.17) is 17.3 Å². The molecule has 0 aromatic heterocycles. The first kappa shape index (κ1) is 14.3. The number of nitrogens with two attached hydrogens (primary N) is 1. The van der Waals surface area contributed by atoms with E-state index in [-0.39, 0.29) is 11.9 Å². The molecule has 1 unspecified atom stereocenters. The van der Waals surface area contributed by atoms with E-state index < -0.39 is 0 Å². The maximum Gasteiger partial charge on any atom is 0.234 e. The highest BCUT2D eigenvalue weighted by atomic mass is 35.5. The van der Waals surface area contributed by atoms with Crippen molar-refractivity contribution in [1.82, 2.24) is 10.2 Å². The molecule has 1 amide bonds. The molecule has 19 heavy (non-hydrogen) atoms. The first-order valence-corrected chi connectivity index (χ1v) is 6.93. The average Bonchev–Trinajstić information content (AvgIpc) is 3.13. The highest BCUT2D eigenvalue weighted by Gasteiger charge is 2.25. The second-order valence-corrected chi connectivity index (χ2v) is 5.50. The highest BCUT2D eigenvalue weighted by molar-refractivity contribution is 6.30. The van der Waals surface area contributed by atoms with Crippen LogP contribution in [0.4, 0.5) is 0 Å². The van der Waals surface area contributed by atoms with Crippen molar-refractivity contribution in [3.05, 3.63) is 34.9 Å². The van der Waals surface area contributed by atoms with Crippen LogP contribution in [0.1, 0.15) is 24.4 Å². The molecule has 0 saturated heterocycles. The second-order valence-electron chi connectivity index (χ2n) is 5.06. The molecule has 1 aliphatic carbocycles. The van der Waals surface area contributed by atoms with Gasteiger partial charge in [-0.25, -0.2) is 0 Å². The first-order chi connectivity index (χ1) is 9.10. The molecule has 0 bridgehead atoms. The fourth-order valence-corrected chi connectivity index (χ4v) is 2.32. The van der Waals surface area contributed by atoms with E-state index in [0.29, 0.717) is 24.2 Å². The number of rotatable bonds is 6. The van der Waals surface area contributed by atoms with Gasteiger partial charge in [-0.3, -0.25) is 9.69 Å². The minimum absolute atomic E-state index is 0.00338. The summed E-state index contributed by atoms with van der Waals surface area (Å²) in [5, 5.41) is 3.67. The summed E-state index contributed by atoms with van der Waals surface area (Å²) in [4.78, 5) is 13.8. The molecule has 2 rings (SSSR count). The van der Waals surface area contributed by atoms with Gasteiger partial charge in [0, 0.05) is 23.7 Å². The Bertz CT molecular complexity index is 448. The fourth-order valence-electron chi connectivity index (χ4n) is 2.12. The van der Waals surface area contributed by atoms with Crippen molar-refractivity contribution in [2.75, 3.05) is 20.1 Å². The number of nitrogens with zero attached hydrogens (tertiary/aromatic N) is 1. The minimum atomic E-state index is 0.00338. The van der Waals surface area contributed by atoms with Crippen molar-refractivity contribution in [1.29, 1.82) is 0 Å². The summed E-state index contributed by atoms with van der Waals surface area (Å²) >= 11 is 5.99. The van der Waals surface area contributed by atoms with Crippen LogP contribution in [0.5, 0.6) is 0 Å².